The number of hydrogen-bond donors (Lipinski definition) is 0. The molecular formula is C29H25IN2O3S. The molecule has 0 aliphatic carbocycles. The highest BCUT2D eigenvalue weighted by molar-refractivity contribution is 14.1. The molecule has 1 aliphatic heterocycles. The Hall–Kier alpha value is -3.22. The van der Waals surface area contributed by atoms with Gasteiger partial charge < -0.3 is 9.47 Å². The number of benzene rings is 3. The van der Waals surface area contributed by atoms with Crippen molar-refractivity contribution in [2.75, 3.05) is 18.1 Å². The minimum absolute atomic E-state index is 0.129. The van der Waals surface area contributed by atoms with Gasteiger partial charge in [-0.2, -0.15) is 0 Å². The van der Waals surface area contributed by atoms with Crippen molar-refractivity contribution in [1.29, 1.82) is 0 Å². The molecule has 3 aromatic carbocycles. The van der Waals surface area contributed by atoms with Crippen LogP contribution in [0.25, 0.3) is 6.08 Å². The van der Waals surface area contributed by atoms with Crippen molar-refractivity contribution in [3.8, 4) is 23.8 Å². The summed E-state index contributed by atoms with van der Waals surface area (Å²) in [6, 6.07) is 19.6. The molecule has 182 valence electrons. The Morgan fingerprint density at radius 1 is 1.06 bits per heavy atom. The van der Waals surface area contributed by atoms with Crippen LogP contribution in [-0.4, -0.2) is 24.3 Å². The number of aliphatic imine (C=N–C) groups is 1. The fourth-order valence-electron chi connectivity index (χ4n) is 3.54. The van der Waals surface area contributed by atoms with Crippen LogP contribution in [0.2, 0.25) is 0 Å². The van der Waals surface area contributed by atoms with Gasteiger partial charge in [-0.25, -0.2) is 4.99 Å². The van der Waals surface area contributed by atoms with Crippen molar-refractivity contribution >= 4 is 62.9 Å². The van der Waals surface area contributed by atoms with E-state index >= 15 is 0 Å². The monoisotopic (exact) mass is 608 g/mol. The molecule has 0 radical (unpaired) electrons. The van der Waals surface area contributed by atoms with Crippen molar-refractivity contribution in [2.45, 2.75) is 20.8 Å². The zero-order valence-corrected chi connectivity index (χ0v) is 23.2. The van der Waals surface area contributed by atoms with E-state index in [-0.39, 0.29) is 12.5 Å². The van der Waals surface area contributed by atoms with Gasteiger partial charge >= 0.3 is 0 Å². The summed E-state index contributed by atoms with van der Waals surface area (Å²) < 4.78 is 12.4. The Morgan fingerprint density at radius 3 is 2.36 bits per heavy atom. The first-order chi connectivity index (χ1) is 17.4. The second-order valence-electron chi connectivity index (χ2n) is 8.07. The molecule has 0 spiro atoms. The molecule has 5 nitrogen and oxygen atoms in total. The lowest BCUT2D eigenvalue weighted by atomic mass is 10.1. The Bertz CT molecular complexity index is 1370. The molecule has 3 aromatic rings. The number of anilines is 1. The standard InChI is InChI=1S/C29H25IN2O3S/c1-5-15-35-27-24(30)16-21(17-25(27)34-6-2)18-26-28(33)32(23-13-9-20(4)10-14-23)29(36-26)31-22-11-7-19(3)8-12-22/h1,7-14,16-18H,6,15H2,2-4H3/b26-18-,31-29?. The first-order valence-electron chi connectivity index (χ1n) is 11.4. The van der Waals surface area contributed by atoms with Crippen LogP contribution in [0.5, 0.6) is 11.5 Å². The van der Waals surface area contributed by atoms with E-state index in [0.717, 1.165) is 31.6 Å². The van der Waals surface area contributed by atoms with E-state index in [1.165, 1.54) is 11.8 Å². The zero-order valence-electron chi connectivity index (χ0n) is 20.2. The number of carbonyl (C=O) groups is 1. The maximum atomic E-state index is 13.6. The van der Waals surface area contributed by atoms with Gasteiger partial charge in [-0.1, -0.05) is 41.3 Å². The second-order valence-corrected chi connectivity index (χ2v) is 10.2. The van der Waals surface area contributed by atoms with Crippen LogP contribution in [0, 0.1) is 29.8 Å². The molecule has 7 heteroatoms. The van der Waals surface area contributed by atoms with E-state index < -0.39 is 0 Å². The summed E-state index contributed by atoms with van der Waals surface area (Å²) in [6.07, 6.45) is 7.23. The van der Waals surface area contributed by atoms with Gasteiger partial charge in [0.2, 0.25) is 0 Å². The predicted octanol–water partition coefficient (Wildman–Crippen LogP) is 7.13. The quantitative estimate of drug-likeness (QED) is 0.163. The summed E-state index contributed by atoms with van der Waals surface area (Å²) in [5, 5.41) is 0.604. The minimum Gasteiger partial charge on any atom is -0.490 e. The predicted molar refractivity (Wildman–Crippen MR) is 157 cm³/mol. The van der Waals surface area contributed by atoms with Crippen LogP contribution in [0.15, 0.2) is 70.6 Å². The number of ether oxygens (including phenoxy) is 2. The van der Waals surface area contributed by atoms with E-state index in [1.807, 2.05) is 87.5 Å². The van der Waals surface area contributed by atoms with E-state index in [9.17, 15) is 4.79 Å². The number of rotatable bonds is 7. The molecule has 1 aliphatic rings. The van der Waals surface area contributed by atoms with Crippen LogP contribution in [0.3, 0.4) is 0 Å². The van der Waals surface area contributed by atoms with Crippen molar-refractivity contribution in [3.05, 3.63) is 85.8 Å². The summed E-state index contributed by atoms with van der Waals surface area (Å²) in [5.74, 6) is 3.55. The zero-order chi connectivity index (χ0) is 25.7. The number of aryl methyl sites for hydroxylation is 2. The van der Waals surface area contributed by atoms with Gasteiger partial charge in [-0.05, 0) is 103 Å². The van der Waals surface area contributed by atoms with E-state index in [2.05, 4.69) is 28.5 Å². The number of carbonyl (C=O) groups excluding carboxylic acids is 1. The van der Waals surface area contributed by atoms with Crippen molar-refractivity contribution < 1.29 is 14.3 Å². The Balaban J connectivity index is 1.75. The fourth-order valence-corrected chi connectivity index (χ4v) is 5.32. The summed E-state index contributed by atoms with van der Waals surface area (Å²) in [6.45, 7) is 6.59. The highest BCUT2D eigenvalue weighted by Crippen LogP contribution is 2.39. The summed E-state index contributed by atoms with van der Waals surface area (Å²) in [4.78, 5) is 20.7. The van der Waals surface area contributed by atoms with Crippen molar-refractivity contribution in [1.82, 2.24) is 0 Å². The number of nitrogens with zero attached hydrogens (tertiary/aromatic N) is 2. The Labute approximate surface area is 229 Å². The van der Waals surface area contributed by atoms with Gasteiger partial charge in [0.25, 0.3) is 5.91 Å². The highest BCUT2D eigenvalue weighted by Gasteiger charge is 2.35. The number of hydrogen-bond acceptors (Lipinski definition) is 5. The molecule has 0 saturated carbocycles. The molecule has 0 aromatic heterocycles. The lowest BCUT2D eigenvalue weighted by molar-refractivity contribution is -0.113. The molecule has 0 N–H and O–H groups in total. The lowest BCUT2D eigenvalue weighted by Gasteiger charge is -2.16. The van der Waals surface area contributed by atoms with Crippen molar-refractivity contribution in [2.24, 2.45) is 4.99 Å². The molecule has 1 saturated heterocycles. The topological polar surface area (TPSA) is 51.1 Å². The summed E-state index contributed by atoms with van der Waals surface area (Å²) >= 11 is 3.54. The van der Waals surface area contributed by atoms with Crippen LogP contribution >= 0.6 is 34.4 Å². The molecule has 1 amide bonds. The van der Waals surface area contributed by atoms with Gasteiger partial charge in [-0.3, -0.25) is 9.69 Å². The number of terminal acetylenes is 1. The first-order valence-corrected chi connectivity index (χ1v) is 13.3. The van der Waals surface area contributed by atoms with Gasteiger partial charge in [-0.15, -0.1) is 6.42 Å². The SMILES string of the molecule is C#CCOc1c(I)cc(/C=C2\SC(=Nc3ccc(C)cc3)N(c3ccc(C)cc3)C2=O)cc1OCC. The molecular weight excluding hydrogens is 583 g/mol. The summed E-state index contributed by atoms with van der Waals surface area (Å²) in [5.41, 5.74) is 4.66. The number of halogens is 1. The maximum Gasteiger partial charge on any atom is 0.271 e. The normalized spacial score (nSPS) is 15.4. The average molecular weight is 609 g/mol. The maximum absolute atomic E-state index is 13.6. The van der Waals surface area contributed by atoms with Crippen LogP contribution < -0.4 is 14.4 Å². The Kier molecular flexibility index (Phi) is 8.39. The first kappa shape index (κ1) is 25.9. The van der Waals surface area contributed by atoms with Gasteiger partial charge in [0.05, 0.1) is 26.5 Å². The number of thioether (sulfide) groups is 1. The van der Waals surface area contributed by atoms with Gasteiger partial charge in [0, 0.05) is 0 Å². The van der Waals surface area contributed by atoms with E-state index in [4.69, 9.17) is 20.9 Å². The van der Waals surface area contributed by atoms with Crippen molar-refractivity contribution in [3.63, 3.8) is 0 Å². The van der Waals surface area contributed by atoms with E-state index in [1.54, 1.807) is 4.90 Å². The molecule has 36 heavy (non-hydrogen) atoms. The summed E-state index contributed by atoms with van der Waals surface area (Å²) in [7, 11) is 0. The van der Waals surface area contributed by atoms with Crippen LogP contribution in [0.4, 0.5) is 11.4 Å². The molecule has 0 bridgehead atoms. The van der Waals surface area contributed by atoms with E-state index in [0.29, 0.717) is 28.2 Å². The van der Waals surface area contributed by atoms with Gasteiger partial charge in [0.1, 0.15) is 6.61 Å². The molecule has 1 fully saturated rings. The Morgan fingerprint density at radius 2 is 1.72 bits per heavy atom. The largest absolute Gasteiger partial charge is 0.490 e. The molecule has 4 rings (SSSR count). The average Bonchev–Trinajstić information content (AvgIpc) is 3.15. The minimum atomic E-state index is -0.129. The smallest absolute Gasteiger partial charge is 0.271 e. The second kappa shape index (κ2) is 11.7. The fraction of sp³-hybridized carbons (Fsp3) is 0.172. The third-order valence-electron chi connectivity index (χ3n) is 5.29. The number of amides is 1. The third kappa shape index (κ3) is 5.94. The molecule has 1 heterocycles. The third-order valence-corrected chi connectivity index (χ3v) is 7.06. The van der Waals surface area contributed by atoms with Crippen LogP contribution in [0.1, 0.15) is 23.6 Å². The lowest BCUT2D eigenvalue weighted by Crippen LogP contribution is -2.28. The molecule has 0 atom stereocenters. The number of amidine groups is 1. The van der Waals surface area contributed by atoms with Gasteiger partial charge in [0.15, 0.2) is 16.7 Å². The highest BCUT2D eigenvalue weighted by atomic mass is 127. The van der Waals surface area contributed by atoms with Crippen LogP contribution in [-0.2, 0) is 4.79 Å². The molecule has 0 unspecified atom stereocenters.